The van der Waals surface area contributed by atoms with Crippen LogP contribution in [0.25, 0.3) is 22.2 Å². The minimum Gasteiger partial charge on any atom is -0.361 e. The average molecular weight is 638 g/mol. The van der Waals surface area contributed by atoms with Crippen LogP contribution in [-0.4, -0.2) is 71.8 Å². The van der Waals surface area contributed by atoms with Crippen LogP contribution in [-0.2, 0) is 10.0 Å². The molecule has 0 atom stereocenters. The van der Waals surface area contributed by atoms with Crippen molar-refractivity contribution in [2.75, 3.05) is 35.9 Å². The molecule has 3 heterocycles. The van der Waals surface area contributed by atoms with Crippen LogP contribution in [0.3, 0.4) is 0 Å². The van der Waals surface area contributed by atoms with Gasteiger partial charge in [0.05, 0.1) is 24.4 Å². The van der Waals surface area contributed by atoms with Crippen LogP contribution in [0, 0.1) is 11.7 Å². The fourth-order valence-electron chi connectivity index (χ4n) is 5.78. The van der Waals surface area contributed by atoms with Crippen LogP contribution in [0.15, 0.2) is 40.2 Å². The summed E-state index contributed by atoms with van der Waals surface area (Å²) in [6.07, 6.45) is -0.741. The smallest absolute Gasteiger partial charge is 0.361 e. The molecule has 1 aliphatic carbocycles. The van der Waals surface area contributed by atoms with Gasteiger partial charge in [0.2, 0.25) is 16.0 Å². The number of nitrogens with zero attached hydrogens (tertiary/aromatic N) is 5. The fraction of sp³-hybridized carbons (Fsp3) is 0.517. The maximum atomic E-state index is 15.0. The SMILES string of the molecule is CC(C)n1c(=O)c(-c2ccc(NS(=O)(=O)CCC(F)(F)F)c(F)c2)cc2cnc(N[C@H]3CC[C@H](C4=NCCN4C)CC3)nc21. The molecule has 0 amide bonds. The normalized spacial score (nSPS) is 19.5. The lowest BCUT2D eigenvalue weighted by Crippen LogP contribution is -2.35. The van der Waals surface area contributed by atoms with Crippen LogP contribution in [0.2, 0.25) is 0 Å². The van der Waals surface area contributed by atoms with Crippen LogP contribution in [0.5, 0.6) is 0 Å². The van der Waals surface area contributed by atoms with Crippen LogP contribution >= 0.6 is 0 Å². The lowest BCUT2D eigenvalue weighted by atomic mass is 9.85. The Kier molecular flexibility index (Phi) is 8.87. The molecule has 1 aliphatic heterocycles. The largest absolute Gasteiger partial charge is 0.390 e. The summed E-state index contributed by atoms with van der Waals surface area (Å²) in [6, 6.07) is 4.80. The van der Waals surface area contributed by atoms with E-state index in [1.54, 1.807) is 12.3 Å². The second-order valence-electron chi connectivity index (χ2n) is 11.6. The van der Waals surface area contributed by atoms with E-state index in [1.165, 1.54) is 16.5 Å². The van der Waals surface area contributed by atoms with Gasteiger partial charge in [-0.1, -0.05) is 6.07 Å². The summed E-state index contributed by atoms with van der Waals surface area (Å²) in [5.41, 5.74) is -0.233. The number of aliphatic imine (C=N–C) groups is 1. The van der Waals surface area contributed by atoms with Crippen molar-refractivity contribution in [3.05, 3.63) is 46.6 Å². The summed E-state index contributed by atoms with van der Waals surface area (Å²) < 4.78 is 79.8. The van der Waals surface area contributed by atoms with Gasteiger partial charge in [-0.25, -0.2) is 17.8 Å². The number of halogens is 4. The van der Waals surface area contributed by atoms with E-state index in [2.05, 4.69) is 32.2 Å². The molecule has 238 valence electrons. The summed E-state index contributed by atoms with van der Waals surface area (Å²) in [4.78, 5) is 29.7. The molecule has 0 spiro atoms. The van der Waals surface area contributed by atoms with E-state index >= 15 is 0 Å². The first-order chi connectivity index (χ1) is 20.7. The highest BCUT2D eigenvalue weighted by Crippen LogP contribution is 2.30. The number of likely N-dealkylation sites (N-methyl/N-ethyl adjacent to an activating group) is 1. The quantitative estimate of drug-likeness (QED) is 0.310. The van der Waals surface area contributed by atoms with Crippen molar-refractivity contribution in [2.24, 2.45) is 10.9 Å². The number of fused-ring (bicyclic) bond motifs is 1. The molecule has 1 aromatic carbocycles. The topological polar surface area (TPSA) is 122 Å². The molecule has 2 aromatic heterocycles. The van der Waals surface area contributed by atoms with Gasteiger partial charge < -0.3 is 10.2 Å². The lowest BCUT2D eigenvalue weighted by Gasteiger charge is -2.31. The van der Waals surface area contributed by atoms with E-state index in [0.29, 0.717) is 22.9 Å². The molecule has 0 radical (unpaired) electrons. The molecule has 5 rings (SSSR count). The Morgan fingerprint density at radius 2 is 1.84 bits per heavy atom. The summed E-state index contributed by atoms with van der Waals surface area (Å²) in [6.45, 7) is 5.46. The first-order valence-electron chi connectivity index (χ1n) is 14.5. The van der Waals surface area contributed by atoms with Crippen molar-refractivity contribution < 1.29 is 26.0 Å². The number of pyridine rings is 1. The Morgan fingerprint density at radius 1 is 1.11 bits per heavy atom. The van der Waals surface area contributed by atoms with Gasteiger partial charge in [0.25, 0.3) is 5.56 Å². The highest BCUT2D eigenvalue weighted by atomic mass is 32.2. The van der Waals surface area contributed by atoms with E-state index in [4.69, 9.17) is 0 Å². The second-order valence-corrected chi connectivity index (χ2v) is 13.5. The van der Waals surface area contributed by atoms with E-state index < -0.39 is 45.4 Å². The third kappa shape index (κ3) is 7.13. The van der Waals surface area contributed by atoms with Gasteiger partial charge >= 0.3 is 6.18 Å². The lowest BCUT2D eigenvalue weighted by molar-refractivity contribution is -0.129. The first kappa shape index (κ1) is 31.7. The zero-order valence-electron chi connectivity index (χ0n) is 24.7. The molecule has 10 nitrogen and oxygen atoms in total. The van der Waals surface area contributed by atoms with Gasteiger partial charge in [-0.05, 0) is 63.3 Å². The molecule has 1 saturated carbocycles. The molecule has 2 N–H and O–H groups in total. The summed E-state index contributed by atoms with van der Waals surface area (Å²) in [5.74, 6) is -0.223. The van der Waals surface area contributed by atoms with Crippen LogP contribution in [0.4, 0.5) is 29.2 Å². The molecule has 3 aromatic rings. The van der Waals surface area contributed by atoms with Gasteiger partial charge in [-0.15, -0.1) is 0 Å². The Hall–Kier alpha value is -3.75. The van der Waals surface area contributed by atoms with Crippen molar-refractivity contribution in [3.8, 4) is 11.1 Å². The Labute approximate surface area is 252 Å². The highest BCUT2D eigenvalue weighted by Gasteiger charge is 2.31. The Bertz CT molecular complexity index is 1730. The monoisotopic (exact) mass is 637 g/mol. The second kappa shape index (κ2) is 12.3. The average Bonchev–Trinajstić information content (AvgIpc) is 3.38. The summed E-state index contributed by atoms with van der Waals surface area (Å²) >= 11 is 0. The number of sulfonamides is 1. The van der Waals surface area contributed by atoms with Crippen molar-refractivity contribution in [2.45, 2.75) is 64.2 Å². The zero-order valence-corrected chi connectivity index (χ0v) is 25.5. The van der Waals surface area contributed by atoms with E-state index in [-0.39, 0.29) is 23.2 Å². The maximum absolute atomic E-state index is 15.0. The van der Waals surface area contributed by atoms with Crippen LogP contribution in [0.1, 0.15) is 52.0 Å². The third-order valence-corrected chi connectivity index (χ3v) is 9.29. The number of aromatic nitrogens is 3. The number of hydrogen-bond acceptors (Lipinski definition) is 8. The number of alkyl halides is 3. The predicted octanol–water partition coefficient (Wildman–Crippen LogP) is 5.19. The van der Waals surface area contributed by atoms with E-state index in [9.17, 15) is 30.8 Å². The highest BCUT2D eigenvalue weighted by molar-refractivity contribution is 7.92. The molecule has 2 aliphatic rings. The van der Waals surface area contributed by atoms with Gasteiger partial charge in [-0.3, -0.25) is 19.1 Å². The van der Waals surface area contributed by atoms with Crippen LogP contribution < -0.4 is 15.6 Å². The van der Waals surface area contributed by atoms with Gasteiger partial charge in [0.15, 0.2) is 0 Å². The third-order valence-electron chi connectivity index (χ3n) is 8.02. The first-order valence-corrected chi connectivity index (χ1v) is 16.2. The van der Waals surface area contributed by atoms with Gasteiger partial charge in [0, 0.05) is 48.7 Å². The number of anilines is 2. The Morgan fingerprint density at radius 3 is 2.45 bits per heavy atom. The van der Waals surface area contributed by atoms with Crippen molar-refractivity contribution in [3.63, 3.8) is 0 Å². The van der Waals surface area contributed by atoms with Crippen molar-refractivity contribution >= 4 is 38.5 Å². The molecular weight excluding hydrogens is 602 g/mol. The molecule has 0 bridgehead atoms. The molecule has 15 heteroatoms. The Balaban J connectivity index is 1.36. The predicted molar refractivity (Wildman–Crippen MR) is 162 cm³/mol. The maximum Gasteiger partial charge on any atom is 0.390 e. The van der Waals surface area contributed by atoms with Crippen molar-refractivity contribution in [1.29, 1.82) is 0 Å². The number of nitrogens with one attached hydrogen (secondary N) is 2. The number of hydrogen-bond donors (Lipinski definition) is 2. The fourth-order valence-corrected chi connectivity index (χ4v) is 6.88. The number of amidine groups is 1. The van der Waals surface area contributed by atoms with E-state index in [1.807, 2.05) is 18.6 Å². The van der Waals surface area contributed by atoms with Gasteiger partial charge in [-0.2, -0.15) is 18.2 Å². The zero-order chi connectivity index (χ0) is 31.8. The minimum absolute atomic E-state index is 0.138. The summed E-state index contributed by atoms with van der Waals surface area (Å²) in [7, 11) is -2.37. The van der Waals surface area contributed by atoms with Gasteiger partial charge in [0.1, 0.15) is 17.3 Å². The van der Waals surface area contributed by atoms with Crippen molar-refractivity contribution in [1.82, 2.24) is 19.4 Å². The molecule has 0 unspecified atom stereocenters. The molecular formula is C29H35F4N7O3S. The number of benzene rings is 1. The standard InChI is InChI=1S/C29H35F4N7O3S/c1-17(2)40-26-20(16-35-28(37-26)36-21-7-4-18(5-8-21)25-34-11-12-39(25)3)14-22(27(40)41)19-6-9-24(23(30)15-19)38-44(42,43)13-10-29(31,32)33/h6,9,14-18,21,38H,4-5,7-8,10-13H2,1-3H3,(H,35,36,37)/t18-,21-. The molecule has 0 saturated heterocycles. The van der Waals surface area contributed by atoms with E-state index in [0.717, 1.165) is 50.9 Å². The minimum atomic E-state index is -4.67. The summed E-state index contributed by atoms with van der Waals surface area (Å²) in [5, 5.41) is 3.96. The molecule has 44 heavy (non-hydrogen) atoms. The molecule has 1 fully saturated rings. The number of rotatable bonds is 9.